The molecular weight excluding hydrogens is 424 g/mol. The molecule has 1 aliphatic carbocycles. The van der Waals surface area contributed by atoms with Crippen LogP contribution in [0.4, 0.5) is 5.95 Å². The summed E-state index contributed by atoms with van der Waals surface area (Å²) in [6.07, 6.45) is 10.8. The molecule has 8 nitrogen and oxygen atoms in total. The number of fused-ring (bicyclic) bond motifs is 2. The van der Waals surface area contributed by atoms with Crippen LogP contribution in [0.15, 0.2) is 48.9 Å². The van der Waals surface area contributed by atoms with E-state index in [0.717, 1.165) is 40.4 Å². The number of rotatable bonds is 5. The fourth-order valence-corrected chi connectivity index (χ4v) is 5.44. The first-order valence-corrected chi connectivity index (χ1v) is 12.5. The quantitative estimate of drug-likeness (QED) is 0.492. The largest absolute Gasteiger partial charge is 0.353 e. The van der Waals surface area contributed by atoms with Crippen molar-refractivity contribution in [3.63, 3.8) is 0 Å². The highest BCUT2D eigenvalue weighted by atomic mass is 15.3. The van der Waals surface area contributed by atoms with Crippen LogP contribution < -0.4 is 5.32 Å². The van der Waals surface area contributed by atoms with E-state index in [4.69, 9.17) is 10.1 Å². The van der Waals surface area contributed by atoms with Crippen LogP contribution in [-0.4, -0.2) is 80.2 Å². The number of aromatic nitrogens is 5. The topological polar surface area (TPSA) is 74.5 Å². The van der Waals surface area contributed by atoms with Crippen molar-refractivity contribution in [3.05, 3.63) is 48.9 Å². The van der Waals surface area contributed by atoms with Crippen LogP contribution in [0.1, 0.15) is 25.7 Å². The van der Waals surface area contributed by atoms with Gasteiger partial charge in [0.1, 0.15) is 0 Å². The molecule has 0 radical (unpaired) electrons. The maximum absolute atomic E-state index is 4.78. The Kier molecular flexibility index (Phi) is 5.84. The highest BCUT2D eigenvalue weighted by molar-refractivity contribution is 5.83. The summed E-state index contributed by atoms with van der Waals surface area (Å²) in [5.41, 5.74) is 4.67. The summed E-state index contributed by atoms with van der Waals surface area (Å²) in [7, 11) is 2.23. The Morgan fingerprint density at radius 3 is 2.65 bits per heavy atom. The second-order valence-electron chi connectivity index (χ2n) is 9.77. The number of likely N-dealkylation sites (N-methyl/N-ethyl adjacent to an activating group) is 1. The SMILES string of the molecule is CN1CCN([C@H]2CC[C@H](CNc3ncc4c(-c5ccc6ncccc6n5)ccn4n3)CC2)CC1. The smallest absolute Gasteiger partial charge is 0.241 e. The van der Waals surface area contributed by atoms with Crippen LogP contribution in [0.25, 0.3) is 27.8 Å². The number of piperazine rings is 1. The van der Waals surface area contributed by atoms with Gasteiger partial charge in [-0.25, -0.2) is 14.5 Å². The molecular formula is C26H32N8. The summed E-state index contributed by atoms with van der Waals surface area (Å²) in [5, 5.41) is 8.20. The molecule has 0 aromatic carbocycles. The number of anilines is 1. The monoisotopic (exact) mass is 456 g/mol. The van der Waals surface area contributed by atoms with E-state index in [-0.39, 0.29) is 0 Å². The molecule has 8 heteroatoms. The molecule has 4 aromatic heterocycles. The van der Waals surface area contributed by atoms with Gasteiger partial charge in [-0.1, -0.05) is 0 Å². The summed E-state index contributed by atoms with van der Waals surface area (Å²) >= 11 is 0. The van der Waals surface area contributed by atoms with E-state index >= 15 is 0 Å². The van der Waals surface area contributed by atoms with Crippen LogP contribution in [0.2, 0.25) is 0 Å². The van der Waals surface area contributed by atoms with Gasteiger partial charge in [0.2, 0.25) is 5.95 Å². The lowest BCUT2D eigenvalue weighted by molar-refractivity contribution is 0.0825. The van der Waals surface area contributed by atoms with Crippen molar-refractivity contribution in [2.45, 2.75) is 31.7 Å². The average Bonchev–Trinajstić information content (AvgIpc) is 3.31. The fourth-order valence-electron chi connectivity index (χ4n) is 5.44. The molecule has 0 atom stereocenters. The van der Waals surface area contributed by atoms with E-state index in [1.165, 1.54) is 51.9 Å². The number of nitrogens with one attached hydrogen (secondary N) is 1. The lowest BCUT2D eigenvalue weighted by Gasteiger charge is -2.41. The van der Waals surface area contributed by atoms with Gasteiger partial charge in [0.25, 0.3) is 0 Å². The van der Waals surface area contributed by atoms with Crippen molar-refractivity contribution in [1.82, 2.24) is 34.4 Å². The first kappa shape index (κ1) is 21.4. The van der Waals surface area contributed by atoms with Crippen molar-refractivity contribution in [2.75, 3.05) is 45.1 Å². The third-order valence-electron chi connectivity index (χ3n) is 7.57. The predicted octanol–water partition coefficient (Wildman–Crippen LogP) is 3.56. The average molecular weight is 457 g/mol. The summed E-state index contributed by atoms with van der Waals surface area (Å²) in [4.78, 5) is 18.9. The molecule has 0 amide bonds. The van der Waals surface area contributed by atoms with Crippen LogP contribution in [0.5, 0.6) is 0 Å². The van der Waals surface area contributed by atoms with E-state index in [1.807, 2.05) is 41.2 Å². The first-order chi connectivity index (χ1) is 16.7. The molecule has 1 aliphatic heterocycles. The predicted molar refractivity (Wildman–Crippen MR) is 135 cm³/mol. The molecule has 1 N–H and O–H groups in total. The molecule has 1 saturated heterocycles. The summed E-state index contributed by atoms with van der Waals surface area (Å²) < 4.78 is 1.89. The van der Waals surface area contributed by atoms with Gasteiger partial charge in [-0.15, -0.1) is 5.10 Å². The summed E-state index contributed by atoms with van der Waals surface area (Å²) in [6.45, 7) is 5.80. The number of nitrogens with zero attached hydrogens (tertiary/aromatic N) is 7. The molecule has 1 saturated carbocycles. The van der Waals surface area contributed by atoms with Crippen LogP contribution >= 0.6 is 0 Å². The standard InChI is InChI=1S/C26H32N8/c1-32-13-15-33(16-14-32)20-6-4-19(5-7-20)17-28-26-29-18-25-21(10-12-34(25)31-26)22-8-9-23-24(30-22)3-2-11-27-23/h2-3,8-12,18-20H,4-7,13-17H2,1H3,(H,28,31)/t19-,20-. The molecule has 4 aromatic rings. The van der Waals surface area contributed by atoms with Gasteiger partial charge < -0.3 is 10.2 Å². The van der Waals surface area contributed by atoms with E-state index in [0.29, 0.717) is 11.9 Å². The van der Waals surface area contributed by atoms with Crippen LogP contribution in [0.3, 0.4) is 0 Å². The van der Waals surface area contributed by atoms with Gasteiger partial charge in [0.05, 0.1) is 28.4 Å². The Hall–Kier alpha value is -3.10. The van der Waals surface area contributed by atoms with Gasteiger partial charge in [-0.3, -0.25) is 9.88 Å². The van der Waals surface area contributed by atoms with Crippen molar-refractivity contribution >= 4 is 22.5 Å². The van der Waals surface area contributed by atoms with Gasteiger partial charge in [0.15, 0.2) is 0 Å². The zero-order chi connectivity index (χ0) is 22.9. The van der Waals surface area contributed by atoms with Gasteiger partial charge in [-0.2, -0.15) is 0 Å². The van der Waals surface area contributed by atoms with Gasteiger partial charge >= 0.3 is 0 Å². The van der Waals surface area contributed by atoms with E-state index in [2.05, 4.69) is 38.2 Å². The Morgan fingerprint density at radius 1 is 0.941 bits per heavy atom. The fraction of sp³-hybridized carbons (Fsp3) is 0.462. The van der Waals surface area contributed by atoms with Gasteiger partial charge in [0, 0.05) is 56.7 Å². The number of pyridine rings is 2. The van der Waals surface area contributed by atoms with Gasteiger partial charge in [-0.05, 0) is 69.0 Å². The second-order valence-corrected chi connectivity index (χ2v) is 9.77. The second kappa shape index (κ2) is 9.27. The third-order valence-corrected chi connectivity index (χ3v) is 7.57. The lowest BCUT2D eigenvalue weighted by atomic mass is 9.85. The van der Waals surface area contributed by atoms with Crippen LogP contribution in [-0.2, 0) is 0 Å². The maximum atomic E-state index is 4.78. The van der Waals surface area contributed by atoms with Crippen molar-refractivity contribution < 1.29 is 0 Å². The minimum atomic E-state index is 0.687. The van der Waals surface area contributed by atoms with E-state index < -0.39 is 0 Å². The van der Waals surface area contributed by atoms with Crippen molar-refractivity contribution in [3.8, 4) is 11.3 Å². The lowest BCUT2D eigenvalue weighted by Crippen LogP contribution is -2.50. The minimum Gasteiger partial charge on any atom is -0.353 e. The normalized spacial score (nSPS) is 22.4. The molecule has 6 rings (SSSR count). The summed E-state index contributed by atoms with van der Waals surface area (Å²) in [6, 6.07) is 10.7. The molecule has 0 spiro atoms. The molecule has 0 bridgehead atoms. The van der Waals surface area contributed by atoms with E-state index in [1.54, 1.807) is 6.20 Å². The Balaban J connectivity index is 1.08. The molecule has 34 heavy (non-hydrogen) atoms. The van der Waals surface area contributed by atoms with Crippen molar-refractivity contribution in [1.29, 1.82) is 0 Å². The first-order valence-electron chi connectivity index (χ1n) is 12.5. The highest BCUT2D eigenvalue weighted by Gasteiger charge is 2.27. The zero-order valence-electron chi connectivity index (χ0n) is 19.8. The van der Waals surface area contributed by atoms with Crippen molar-refractivity contribution in [2.24, 2.45) is 5.92 Å². The van der Waals surface area contributed by atoms with E-state index in [9.17, 15) is 0 Å². The zero-order valence-corrected chi connectivity index (χ0v) is 19.8. The molecule has 176 valence electrons. The molecule has 2 aliphatic rings. The third kappa shape index (κ3) is 4.35. The number of hydrogen-bond acceptors (Lipinski definition) is 7. The molecule has 0 unspecified atom stereocenters. The molecule has 2 fully saturated rings. The highest BCUT2D eigenvalue weighted by Crippen LogP contribution is 2.29. The Bertz CT molecular complexity index is 1270. The van der Waals surface area contributed by atoms with Crippen LogP contribution in [0, 0.1) is 5.92 Å². The minimum absolute atomic E-state index is 0.687. The summed E-state index contributed by atoms with van der Waals surface area (Å²) in [5.74, 6) is 1.38. The number of hydrogen-bond donors (Lipinski definition) is 1. The maximum Gasteiger partial charge on any atom is 0.241 e. The molecule has 5 heterocycles. The Labute approximate surface area is 200 Å². The Morgan fingerprint density at radius 2 is 1.79 bits per heavy atom.